The van der Waals surface area contributed by atoms with Gasteiger partial charge < -0.3 is 35.8 Å². The minimum absolute atomic E-state index is 0.0652. The smallest absolute Gasteiger partial charge is 0.355 e. The first kappa shape index (κ1) is 30.0. The number of aromatic carboxylic acids is 1. The number of nitrogens with one attached hydrogen (secondary N) is 4. The van der Waals surface area contributed by atoms with Crippen LogP contribution in [0, 0.1) is 0 Å². The van der Waals surface area contributed by atoms with Gasteiger partial charge >= 0.3 is 12.0 Å². The number of hydrogen-bond donors (Lipinski definition) is 5. The van der Waals surface area contributed by atoms with E-state index in [1.165, 1.54) is 12.5 Å². The molecule has 0 bridgehead atoms. The number of carbonyl (C=O) groups is 2. The summed E-state index contributed by atoms with van der Waals surface area (Å²) in [4.78, 5) is 37.3. The summed E-state index contributed by atoms with van der Waals surface area (Å²) in [6.45, 7) is 6.14. The molecule has 0 spiro atoms. The molecule has 0 atom stereocenters. The van der Waals surface area contributed by atoms with E-state index in [4.69, 9.17) is 9.47 Å². The highest BCUT2D eigenvalue weighted by Gasteiger charge is 2.22. The number of carbonyl (C=O) groups excluding carboxylic acids is 1. The Kier molecular flexibility index (Phi) is 8.49. The number of carboxylic acid groups (broad SMARTS) is 1. The van der Waals surface area contributed by atoms with Gasteiger partial charge in [0.25, 0.3) is 0 Å². The van der Waals surface area contributed by atoms with Gasteiger partial charge in [0, 0.05) is 35.5 Å². The van der Waals surface area contributed by atoms with E-state index in [-0.39, 0.29) is 11.1 Å². The Labute approximate surface area is 257 Å². The number of hydrogen-bond acceptors (Lipinski definition) is 10. The number of nitrogens with zero attached hydrogens (tertiary/aromatic N) is 3. The van der Waals surface area contributed by atoms with E-state index >= 15 is 0 Å². The number of methoxy groups -OCH3 is 1. The third-order valence-corrected chi connectivity index (χ3v) is 7.33. The number of amides is 2. The second-order valence-electron chi connectivity index (χ2n) is 10.6. The lowest BCUT2D eigenvalue weighted by Crippen LogP contribution is -2.21. The molecule has 0 fully saturated rings. The van der Waals surface area contributed by atoms with Crippen molar-refractivity contribution in [3.05, 3.63) is 77.4 Å². The molecule has 3 aromatic carbocycles. The number of thiazole rings is 1. The lowest BCUT2D eigenvalue weighted by atomic mass is 9.86. The third kappa shape index (κ3) is 6.63. The molecular formula is C31H31N7O5S. The molecule has 0 saturated heterocycles. The second-order valence-corrected chi connectivity index (χ2v) is 11.5. The van der Waals surface area contributed by atoms with E-state index in [0.717, 1.165) is 27.7 Å². The Hall–Kier alpha value is -5.43. The van der Waals surface area contributed by atoms with Gasteiger partial charge in [-0.1, -0.05) is 45.0 Å². The first-order valence-electron chi connectivity index (χ1n) is 13.5. The van der Waals surface area contributed by atoms with Crippen LogP contribution in [0.25, 0.3) is 10.8 Å². The van der Waals surface area contributed by atoms with Crippen molar-refractivity contribution in [1.82, 2.24) is 15.0 Å². The zero-order valence-electron chi connectivity index (χ0n) is 24.7. The van der Waals surface area contributed by atoms with Crippen molar-refractivity contribution in [3.63, 3.8) is 0 Å². The van der Waals surface area contributed by atoms with Crippen LogP contribution in [0.3, 0.4) is 0 Å². The highest BCUT2D eigenvalue weighted by molar-refractivity contribution is 7.14. The largest absolute Gasteiger partial charge is 0.492 e. The van der Waals surface area contributed by atoms with E-state index in [9.17, 15) is 14.7 Å². The van der Waals surface area contributed by atoms with Gasteiger partial charge in [-0.25, -0.2) is 19.6 Å². The molecule has 13 heteroatoms. The fourth-order valence-corrected chi connectivity index (χ4v) is 5.09. The van der Waals surface area contributed by atoms with Gasteiger partial charge in [-0.3, -0.25) is 0 Å². The maximum Gasteiger partial charge on any atom is 0.355 e. The van der Waals surface area contributed by atoms with Gasteiger partial charge in [-0.2, -0.15) is 4.98 Å². The number of rotatable bonds is 9. The number of aromatic nitrogens is 3. The van der Waals surface area contributed by atoms with Gasteiger partial charge in [0.15, 0.2) is 16.6 Å². The maximum atomic E-state index is 13.4. The second kappa shape index (κ2) is 12.4. The van der Waals surface area contributed by atoms with Gasteiger partial charge in [-0.05, 0) is 35.2 Å². The van der Waals surface area contributed by atoms with E-state index < -0.39 is 12.0 Å². The predicted octanol–water partition coefficient (Wildman–Crippen LogP) is 7.31. The molecule has 0 unspecified atom stereocenters. The summed E-state index contributed by atoms with van der Waals surface area (Å²) in [5.41, 5.74) is 2.07. The van der Waals surface area contributed by atoms with Crippen LogP contribution in [0.15, 0.2) is 66.2 Å². The zero-order chi connectivity index (χ0) is 31.4. The molecule has 2 aromatic heterocycles. The Morgan fingerprint density at radius 2 is 1.66 bits per heavy atom. The number of ether oxygens (including phenoxy) is 2. The van der Waals surface area contributed by atoms with Crippen LogP contribution >= 0.6 is 11.3 Å². The number of fused-ring (bicyclic) bond motifs is 1. The summed E-state index contributed by atoms with van der Waals surface area (Å²) in [6.07, 6.45) is 1.60. The van der Waals surface area contributed by atoms with Crippen LogP contribution in [0.1, 0.15) is 36.8 Å². The molecule has 0 aliphatic carbocycles. The highest BCUT2D eigenvalue weighted by Crippen LogP contribution is 2.41. The molecule has 2 heterocycles. The van der Waals surface area contributed by atoms with E-state index in [0.29, 0.717) is 45.5 Å². The van der Waals surface area contributed by atoms with Gasteiger partial charge in [0.05, 0.1) is 24.2 Å². The fourth-order valence-electron chi connectivity index (χ4n) is 4.39. The van der Waals surface area contributed by atoms with Crippen LogP contribution in [-0.4, -0.2) is 46.2 Å². The highest BCUT2D eigenvalue weighted by atomic mass is 32.1. The molecule has 0 saturated carbocycles. The maximum absolute atomic E-state index is 13.4. The molecule has 5 rings (SSSR count). The van der Waals surface area contributed by atoms with Crippen LogP contribution in [0.5, 0.6) is 17.4 Å². The molecule has 0 aliphatic heterocycles. The molecule has 2 amide bonds. The standard InChI is InChI=1S/C31H31N7O5S/c1-31(2,3)17-14-21(26(42-5)22(15-17)36-30-37-23(16-44-30)27(39)40)35-29(41)34-20-10-11-24(19-9-7-6-8-18(19)20)43-25-12-13-33-28(32-4)38-25/h6-16H,1-5H3,(H,36,37)(H,39,40)(H,32,33,38)(H2,34,35,41). The zero-order valence-corrected chi connectivity index (χ0v) is 25.5. The number of carboxylic acids is 1. The van der Waals surface area contributed by atoms with Crippen molar-refractivity contribution in [2.45, 2.75) is 26.2 Å². The van der Waals surface area contributed by atoms with Crippen molar-refractivity contribution in [2.75, 3.05) is 35.4 Å². The van der Waals surface area contributed by atoms with Gasteiger partial charge in [0.2, 0.25) is 11.8 Å². The van der Waals surface area contributed by atoms with Gasteiger partial charge in [-0.15, -0.1) is 11.3 Å². The SMILES string of the molecule is CNc1nccc(Oc2ccc(NC(=O)Nc3cc(C(C)(C)C)cc(Nc4nc(C(=O)O)cs4)c3OC)c3ccccc23)n1. The van der Waals surface area contributed by atoms with Crippen molar-refractivity contribution in [1.29, 1.82) is 0 Å². The summed E-state index contributed by atoms with van der Waals surface area (Å²) in [6, 6.07) is 16.0. The molecule has 226 valence electrons. The summed E-state index contributed by atoms with van der Waals surface area (Å²) in [5.74, 6) is 0.617. The first-order chi connectivity index (χ1) is 21.0. The van der Waals surface area contributed by atoms with E-state index in [2.05, 4.69) is 36.2 Å². The molecule has 12 nitrogen and oxygen atoms in total. The predicted molar refractivity (Wildman–Crippen MR) is 172 cm³/mol. The Morgan fingerprint density at radius 1 is 0.932 bits per heavy atom. The quantitative estimate of drug-likeness (QED) is 0.114. The van der Waals surface area contributed by atoms with Crippen LogP contribution in [-0.2, 0) is 5.41 Å². The van der Waals surface area contributed by atoms with Gasteiger partial charge in [0.1, 0.15) is 5.75 Å². The van der Waals surface area contributed by atoms with Crippen molar-refractivity contribution in [3.8, 4) is 17.4 Å². The number of anilines is 5. The molecule has 0 radical (unpaired) electrons. The molecule has 5 N–H and O–H groups in total. The van der Waals surface area contributed by atoms with Crippen LogP contribution in [0.4, 0.5) is 32.9 Å². The molecular weight excluding hydrogens is 582 g/mol. The van der Waals surface area contributed by atoms with Crippen LogP contribution in [0.2, 0.25) is 0 Å². The van der Waals surface area contributed by atoms with E-state index in [1.807, 2.05) is 57.2 Å². The summed E-state index contributed by atoms with van der Waals surface area (Å²) >= 11 is 1.15. The number of benzene rings is 3. The molecule has 5 aromatic rings. The third-order valence-electron chi connectivity index (χ3n) is 6.57. The first-order valence-corrected chi connectivity index (χ1v) is 14.4. The number of urea groups is 1. The summed E-state index contributed by atoms with van der Waals surface area (Å²) in [5, 5.41) is 24.5. The van der Waals surface area contributed by atoms with E-state index in [1.54, 1.807) is 31.4 Å². The molecule has 0 aliphatic rings. The minimum Gasteiger partial charge on any atom is -0.492 e. The topological polar surface area (TPSA) is 160 Å². The summed E-state index contributed by atoms with van der Waals surface area (Å²) in [7, 11) is 3.22. The average Bonchev–Trinajstić information content (AvgIpc) is 3.47. The van der Waals surface area contributed by atoms with Crippen LogP contribution < -0.4 is 30.7 Å². The lowest BCUT2D eigenvalue weighted by molar-refractivity contribution is 0.0691. The van der Waals surface area contributed by atoms with Crippen molar-refractivity contribution < 1.29 is 24.2 Å². The average molecular weight is 614 g/mol. The Bertz CT molecular complexity index is 1850. The minimum atomic E-state index is -1.12. The monoisotopic (exact) mass is 613 g/mol. The molecule has 44 heavy (non-hydrogen) atoms. The Balaban J connectivity index is 1.43. The lowest BCUT2D eigenvalue weighted by Gasteiger charge is -2.24. The van der Waals surface area contributed by atoms with Crippen molar-refractivity contribution >= 4 is 62.3 Å². The summed E-state index contributed by atoms with van der Waals surface area (Å²) < 4.78 is 11.8. The Morgan fingerprint density at radius 3 is 2.34 bits per heavy atom. The normalized spacial score (nSPS) is 11.1. The fraction of sp³-hybridized carbons (Fsp3) is 0.194. The van der Waals surface area contributed by atoms with Crippen molar-refractivity contribution in [2.24, 2.45) is 0 Å².